The Balaban J connectivity index is 1.79. The van der Waals surface area contributed by atoms with Crippen LogP contribution >= 0.6 is 0 Å². The van der Waals surface area contributed by atoms with Crippen LogP contribution in [0.4, 0.5) is 0 Å². The van der Waals surface area contributed by atoms with Crippen molar-refractivity contribution in [2.24, 2.45) is 5.92 Å². The van der Waals surface area contributed by atoms with Crippen LogP contribution in [0.3, 0.4) is 0 Å². The van der Waals surface area contributed by atoms with Crippen LogP contribution in [0.15, 0.2) is 42.0 Å². The molecule has 0 spiro atoms. The van der Waals surface area contributed by atoms with Crippen molar-refractivity contribution >= 4 is 18.1 Å². The summed E-state index contributed by atoms with van der Waals surface area (Å²) in [6, 6.07) is 7.66. The molecule has 0 radical (unpaired) electrons. The number of rotatable bonds is 13. The maximum absolute atomic E-state index is 13.7. The number of aldehydes is 1. The molecule has 11 nitrogen and oxygen atoms in total. The largest absolute Gasteiger partial charge is 0.497 e. The van der Waals surface area contributed by atoms with Gasteiger partial charge in [-0.15, -0.1) is 0 Å². The maximum Gasteiger partial charge on any atom is 0.247 e. The van der Waals surface area contributed by atoms with Crippen LogP contribution in [0.5, 0.6) is 23.0 Å². The Kier molecular flexibility index (Phi) is 10.3. The van der Waals surface area contributed by atoms with E-state index in [0.717, 1.165) is 5.56 Å². The summed E-state index contributed by atoms with van der Waals surface area (Å²) in [4.78, 5) is 40.5. The molecule has 0 aromatic heterocycles. The maximum atomic E-state index is 13.7. The van der Waals surface area contributed by atoms with Gasteiger partial charge in [-0.25, -0.2) is 0 Å². The van der Waals surface area contributed by atoms with E-state index in [1.807, 2.05) is 19.9 Å². The van der Waals surface area contributed by atoms with Crippen LogP contribution < -0.4 is 24.3 Å². The number of aliphatic hydroxyl groups excluding tert-OH is 2. The molecular weight excluding hydrogens is 556 g/mol. The molecule has 43 heavy (non-hydrogen) atoms. The average Bonchev–Trinajstić information content (AvgIpc) is 3.39. The van der Waals surface area contributed by atoms with E-state index in [9.17, 15) is 24.6 Å². The number of carbonyl (C=O) groups is 3. The van der Waals surface area contributed by atoms with E-state index < -0.39 is 30.1 Å². The van der Waals surface area contributed by atoms with Crippen LogP contribution in [0.1, 0.15) is 47.7 Å². The minimum Gasteiger partial charge on any atom is -0.497 e. The lowest BCUT2D eigenvalue weighted by molar-refractivity contribution is -0.137. The topological polar surface area (TPSA) is 144 Å². The molecule has 0 saturated heterocycles. The number of methoxy groups -OCH3 is 3. The molecule has 0 fully saturated rings. The van der Waals surface area contributed by atoms with Gasteiger partial charge in [-0.2, -0.15) is 0 Å². The van der Waals surface area contributed by atoms with Crippen LogP contribution in [0.2, 0.25) is 0 Å². The van der Waals surface area contributed by atoms with Crippen LogP contribution in [-0.4, -0.2) is 92.5 Å². The minimum absolute atomic E-state index is 0.0117. The fraction of sp³-hybridized carbons (Fsp3) is 0.469. The molecule has 0 bridgehead atoms. The second-order valence-corrected chi connectivity index (χ2v) is 11.0. The first-order chi connectivity index (χ1) is 20.7. The van der Waals surface area contributed by atoms with Crippen molar-refractivity contribution in [2.45, 2.75) is 50.9 Å². The summed E-state index contributed by atoms with van der Waals surface area (Å²) >= 11 is 0. The summed E-state index contributed by atoms with van der Waals surface area (Å²) < 4.78 is 22.7. The molecule has 0 saturated carbocycles. The SMILES string of the molecule is COc1ccc(OC)c(CCN(C(=O)CC(C)C)C2C=C(C(=O)NCCO)C3c4cc(C=O)cc(OC)c4OC3C2O)c1. The highest BCUT2D eigenvalue weighted by Crippen LogP contribution is 2.51. The number of benzene rings is 2. The monoisotopic (exact) mass is 596 g/mol. The van der Waals surface area contributed by atoms with Crippen molar-refractivity contribution in [1.29, 1.82) is 0 Å². The van der Waals surface area contributed by atoms with Crippen LogP contribution in [-0.2, 0) is 16.0 Å². The molecule has 1 aliphatic carbocycles. The smallest absolute Gasteiger partial charge is 0.247 e. The number of carbonyl (C=O) groups excluding carboxylic acids is 3. The Morgan fingerprint density at radius 1 is 1.09 bits per heavy atom. The minimum atomic E-state index is -1.22. The number of nitrogens with zero attached hydrogens (tertiary/aromatic N) is 1. The van der Waals surface area contributed by atoms with Crippen molar-refractivity contribution in [3.63, 3.8) is 0 Å². The molecule has 2 aliphatic rings. The summed E-state index contributed by atoms with van der Waals surface area (Å²) in [6.45, 7) is 3.83. The highest BCUT2D eigenvalue weighted by molar-refractivity contribution is 5.96. The van der Waals surface area contributed by atoms with E-state index in [-0.39, 0.29) is 43.5 Å². The third kappa shape index (κ3) is 6.62. The zero-order valence-electron chi connectivity index (χ0n) is 25.2. The quantitative estimate of drug-likeness (QED) is 0.297. The number of amides is 2. The number of hydrogen-bond donors (Lipinski definition) is 3. The van der Waals surface area contributed by atoms with Gasteiger partial charge in [-0.1, -0.05) is 13.8 Å². The zero-order valence-corrected chi connectivity index (χ0v) is 25.2. The van der Waals surface area contributed by atoms with Gasteiger partial charge in [0, 0.05) is 36.2 Å². The third-order valence-corrected chi connectivity index (χ3v) is 7.78. The molecule has 2 amide bonds. The Labute approximate surface area is 251 Å². The Bertz CT molecular complexity index is 1370. The van der Waals surface area contributed by atoms with Crippen molar-refractivity contribution < 1.29 is 43.5 Å². The van der Waals surface area contributed by atoms with E-state index in [1.165, 1.54) is 13.2 Å². The summed E-state index contributed by atoms with van der Waals surface area (Å²) in [7, 11) is 4.58. The standard InChI is InChI=1S/C32H40N2O9/c1-18(2)12-27(37)34(10-8-20-15-21(40-3)6-7-25(20)41-4)24-16-23(32(39)33-9-11-35)28-22-13-19(17-36)14-26(42-5)30(22)43-31(28)29(24)38/h6-7,13-18,24,28-29,31,35,38H,8-12H2,1-5H3,(H,33,39). The molecule has 4 atom stereocenters. The van der Waals surface area contributed by atoms with Crippen LogP contribution in [0.25, 0.3) is 0 Å². The number of hydrogen-bond acceptors (Lipinski definition) is 9. The van der Waals surface area contributed by atoms with E-state index >= 15 is 0 Å². The van der Waals surface area contributed by atoms with Crippen molar-refractivity contribution in [1.82, 2.24) is 10.2 Å². The van der Waals surface area contributed by atoms with E-state index in [0.29, 0.717) is 46.8 Å². The molecule has 232 valence electrons. The number of fused-ring (bicyclic) bond motifs is 3. The first-order valence-corrected chi connectivity index (χ1v) is 14.3. The zero-order chi connectivity index (χ0) is 31.3. The second kappa shape index (κ2) is 13.9. The van der Waals surface area contributed by atoms with Gasteiger partial charge in [0.1, 0.15) is 30.0 Å². The van der Waals surface area contributed by atoms with Crippen molar-refractivity contribution in [3.05, 3.63) is 58.7 Å². The lowest BCUT2D eigenvalue weighted by Gasteiger charge is -2.41. The normalized spacial score (nSPS) is 20.3. The number of aliphatic hydroxyl groups is 2. The van der Waals surface area contributed by atoms with Gasteiger partial charge in [-0.05, 0) is 54.3 Å². The predicted molar refractivity (Wildman–Crippen MR) is 158 cm³/mol. The van der Waals surface area contributed by atoms with Crippen molar-refractivity contribution in [3.8, 4) is 23.0 Å². The van der Waals surface area contributed by atoms with Crippen LogP contribution in [0, 0.1) is 5.92 Å². The molecule has 1 aliphatic heterocycles. The first-order valence-electron chi connectivity index (χ1n) is 14.3. The first kappa shape index (κ1) is 31.8. The Hall–Kier alpha value is -4.09. The van der Waals surface area contributed by atoms with Gasteiger partial charge in [0.15, 0.2) is 11.5 Å². The molecule has 4 rings (SSSR count). The Morgan fingerprint density at radius 2 is 1.84 bits per heavy atom. The van der Waals surface area contributed by atoms with Gasteiger partial charge in [0.05, 0.1) is 39.9 Å². The average molecular weight is 597 g/mol. The van der Waals surface area contributed by atoms with E-state index in [1.54, 1.807) is 43.4 Å². The molecule has 11 heteroatoms. The summed E-state index contributed by atoms with van der Waals surface area (Å²) in [6.07, 6.45) is 0.726. The van der Waals surface area contributed by atoms with E-state index in [4.69, 9.17) is 18.9 Å². The summed E-state index contributed by atoms with van der Waals surface area (Å²) in [5, 5.41) is 23.9. The molecule has 2 aromatic carbocycles. The van der Waals surface area contributed by atoms with Gasteiger partial charge >= 0.3 is 0 Å². The molecular formula is C32H40N2O9. The lowest BCUT2D eigenvalue weighted by atomic mass is 9.77. The number of ether oxygens (including phenoxy) is 4. The number of nitrogens with one attached hydrogen (secondary N) is 1. The van der Waals surface area contributed by atoms with Gasteiger partial charge < -0.3 is 39.4 Å². The van der Waals surface area contributed by atoms with E-state index in [2.05, 4.69) is 5.32 Å². The summed E-state index contributed by atoms with van der Waals surface area (Å²) in [5.41, 5.74) is 1.93. The summed E-state index contributed by atoms with van der Waals surface area (Å²) in [5.74, 6) is 0.531. The highest BCUT2D eigenvalue weighted by Gasteiger charge is 2.51. The highest BCUT2D eigenvalue weighted by atomic mass is 16.5. The van der Waals surface area contributed by atoms with Gasteiger partial charge in [0.25, 0.3) is 0 Å². The fourth-order valence-electron chi connectivity index (χ4n) is 5.78. The second-order valence-electron chi connectivity index (χ2n) is 11.0. The molecule has 4 unspecified atom stereocenters. The molecule has 1 heterocycles. The lowest BCUT2D eigenvalue weighted by Crippen LogP contribution is -2.56. The Morgan fingerprint density at radius 3 is 2.47 bits per heavy atom. The molecule has 3 N–H and O–H groups in total. The van der Waals surface area contributed by atoms with Gasteiger partial charge in [0.2, 0.25) is 11.8 Å². The predicted octanol–water partition coefficient (Wildman–Crippen LogP) is 2.26. The molecule has 2 aromatic rings. The van der Waals surface area contributed by atoms with Crippen molar-refractivity contribution in [2.75, 3.05) is 41.0 Å². The fourth-order valence-corrected chi connectivity index (χ4v) is 5.78. The van der Waals surface area contributed by atoms with Gasteiger partial charge in [-0.3, -0.25) is 14.4 Å². The third-order valence-electron chi connectivity index (χ3n) is 7.78.